The minimum atomic E-state index is -4.37. The molecule has 1 N–H and O–H groups in total. The second-order valence-electron chi connectivity index (χ2n) is 4.52. The number of nitrogens with one attached hydrogen (secondary N) is 1. The standard InChI is InChI=1S/C12H17F3N2O/c1-3-6-16-7-11(18)17(8-12(13,14)15)9(2)10-4-5-10/h1,9-10,16H,4-8H2,2H3. The zero-order valence-electron chi connectivity index (χ0n) is 10.3. The molecular formula is C12H17F3N2O. The van der Waals surface area contributed by atoms with Crippen molar-refractivity contribution < 1.29 is 18.0 Å². The normalized spacial score (nSPS) is 17.1. The van der Waals surface area contributed by atoms with Crippen molar-refractivity contribution in [1.82, 2.24) is 10.2 Å². The van der Waals surface area contributed by atoms with Crippen molar-refractivity contribution in [3.8, 4) is 12.3 Å². The number of nitrogens with zero attached hydrogens (tertiary/aromatic N) is 1. The zero-order chi connectivity index (χ0) is 13.8. The molecule has 6 heteroatoms. The van der Waals surface area contributed by atoms with Crippen LogP contribution in [0.25, 0.3) is 0 Å². The number of terminal acetylenes is 1. The lowest BCUT2D eigenvalue weighted by Crippen LogP contribution is -2.48. The highest BCUT2D eigenvalue weighted by Crippen LogP contribution is 2.36. The van der Waals surface area contributed by atoms with Crippen molar-refractivity contribution in [2.45, 2.75) is 32.0 Å². The van der Waals surface area contributed by atoms with Gasteiger partial charge in [-0.3, -0.25) is 10.1 Å². The molecule has 0 aromatic carbocycles. The Morgan fingerprint density at radius 1 is 1.56 bits per heavy atom. The summed E-state index contributed by atoms with van der Waals surface area (Å²) in [6.07, 6.45) is 2.40. The topological polar surface area (TPSA) is 32.3 Å². The summed E-state index contributed by atoms with van der Waals surface area (Å²) in [5.41, 5.74) is 0. The molecule has 0 aromatic heterocycles. The van der Waals surface area contributed by atoms with Crippen molar-refractivity contribution in [2.24, 2.45) is 5.92 Å². The molecule has 0 bridgehead atoms. The molecule has 1 amide bonds. The van der Waals surface area contributed by atoms with Crippen molar-refractivity contribution in [3.05, 3.63) is 0 Å². The van der Waals surface area contributed by atoms with E-state index >= 15 is 0 Å². The number of hydrogen-bond acceptors (Lipinski definition) is 2. The second kappa shape index (κ2) is 6.10. The molecule has 0 radical (unpaired) electrons. The molecule has 1 saturated carbocycles. The Morgan fingerprint density at radius 2 is 2.17 bits per heavy atom. The molecule has 3 nitrogen and oxygen atoms in total. The van der Waals surface area contributed by atoms with Crippen LogP contribution in [0.5, 0.6) is 0 Å². The summed E-state index contributed by atoms with van der Waals surface area (Å²) >= 11 is 0. The summed E-state index contributed by atoms with van der Waals surface area (Å²) in [5.74, 6) is 1.91. The van der Waals surface area contributed by atoms with Gasteiger partial charge in [0, 0.05) is 6.04 Å². The number of carbonyl (C=O) groups excluding carboxylic acids is 1. The van der Waals surface area contributed by atoms with Crippen molar-refractivity contribution >= 4 is 5.91 Å². The van der Waals surface area contributed by atoms with E-state index in [1.165, 1.54) is 0 Å². The Balaban J connectivity index is 2.58. The van der Waals surface area contributed by atoms with E-state index in [-0.39, 0.29) is 25.0 Å². The van der Waals surface area contributed by atoms with Crippen LogP contribution in [0, 0.1) is 18.3 Å². The molecule has 1 rings (SSSR count). The van der Waals surface area contributed by atoms with Gasteiger partial charge in [-0.1, -0.05) is 5.92 Å². The predicted molar refractivity (Wildman–Crippen MR) is 61.7 cm³/mol. The maximum absolute atomic E-state index is 12.5. The molecular weight excluding hydrogens is 245 g/mol. The predicted octanol–water partition coefficient (Wildman–Crippen LogP) is 1.40. The molecule has 1 aliphatic carbocycles. The largest absolute Gasteiger partial charge is 0.406 e. The fourth-order valence-electron chi connectivity index (χ4n) is 1.83. The minimum Gasteiger partial charge on any atom is -0.330 e. The smallest absolute Gasteiger partial charge is 0.330 e. The molecule has 18 heavy (non-hydrogen) atoms. The van der Waals surface area contributed by atoms with Crippen LogP contribution in [0.15, 0.2) is 0 Å². The van der Waals surface area contributed by atoms with E-state index < -0.39 is 18.6 Å². The van der Waals surface area contributed by atoms with Gasteiger partial charge in [0.15, 0.2) is 0 Å². The average molecular weight is 262 g/mol. The summed E-state index contributed by atoms with van der Waals surface area (Å²) in [5, 5.41) is 2.62. The highest BCUT2D eigenvalue weighted by Gasteiger charge is 2.40. The maximum Gasteiger partial charge on any atom is 0.406 e. The van der Waals surface area contributed by atoms with Gasteiger partial charge < -0.3 is 4.90 Å². The number of rotatable bonds is 6. The Morgan fingerprint density at radius 3 is 2.61 bits per heavy atom. The first kappa shape index (κ1) is 14.8. The summed E-state index contributed by atoms with van der Waals surface area (Å²) in [4.78, 5) is 12.7. The third-order valence-corrected chi connectivity index (χ3v) is 2.97. The summed E-state index contributed by atoms with van der Waals surface area (Å²) in [6, 6.07) is -0.369. The lowest BCUT2D eigenvalue weighted by Gasteiger charge is -2.30. The van der Waals surface area contributed by atoms with Gasteiger partial charge in [0.05, 0.1) is 13.1 Å². The van der Waals surface area contributed by atoms with Crippen LogP contribution in [0.4, 0.5) is 13.2 Å². The third-order valence-electron chi connectivity index (χ3n) is 2.97. The van der Waals surface area contributed by atoms with Crippen molar-refractivity contribution in [2.75, 3.05) is 19.6 Å². The van der Waals surface area contributed by atoms with Gasteiger partial charge >= 0.3 is 6.18 Å². The molecule has 1 atom stereocenters. The van der Waals surface area contributed by atoms with Gasteiger partial charge in [0.1, 0.15) is 6.54 Å². The van der Waals surface area contributed by atoms with E-state index in [4.69, 9.17) is 6.42 Å². The number of halogens is 3. The van der Waals surface area contributed by atoms with Crippen molar-refractivity contribution in [3.63, 3.8) is 0 Å². The van der Waals surface area contributed by atoms with Crippen molar-refractivity contribution in [1.29, 1.82) is 0 Å². The number of hydrogen-bond donors (Lipinski definition) is 1. The van der Waals surface area contributed by atoms with E-state index in [9.17, 15) is 18.0 Å². The van der Waals surface area contributed by atoms with Crippen LogP contribution in [0.3, 0.4) is 0 Å². The molecule has 1 unspecified atom stereocenters. The first-order chi connectivity index (χ1) is 8.35. The highest BCUT2D eigenvalue weighted by molar-refractivity contribution is 5.78. The van der Waals surface area contributed by atoms with Crippen LogP contribution >= 0.6 is 0 Å². The van der Waals surface area contributed by atoms with Gasteiger partial charge in [0.2, 0.25) is 5.91 Å². The third kappa shape index (κ3) is 4.96. The first-order valence-corrected chi connectivity index (χ1v) is 5.85. The Hall–Kier alpha value is -1.22. The Bertz CT molecular complexity index is 331. The molecule has 1 fully saturated rings. The van der Waals surface area contributed by atoms with Crippen LogP contribution in [-0.2, 0) is 4.79 Å². The summed E-state index contributed by atoms with van der Waals surface area (Å²) < 4.78 is 37.4. The quantitative estimate of drug-likeness (QED) is 0.579. The average Bonchev–Trinajstić information content (AvgIpc) is 3.07. The second-order valence-corrected chi connectivity index (χ2v) is 4.52. The molecule has 102 valence electrons. The van der Waals surface area contributed by atoms with E-state index in [1.54, 1.807) is 6.92 Å². The minimum absolute atomic E-state index is 0.155. The van der Waals surface area contributed by atoms with E-state index in [0.29, 0.717) is 0 Å². The SMILES string of the molecule is C#CCNCC(=O)N(CC(F)(F)F)C(C)C1CC1. The fraction of sp³-hybridized carbons (Fsp3) is 0.750. The van der Waals surface area contributed by atoms with E-state index in [0.717, 1.165) is 17.7 Å². The van der Waals surface area contributed by atoms with Gasteiger partial charge in [-0.2, -0.15) is 13.2 Å². The van der Waals surface area contributed by atoms with Crippen LogP contribution in [-0.4, -0.2) is 42.7 Å². The summed E-state index contributed by atoms with van der Waals surface area (Å²) in [6.45, 7) is 0.491. The number of alkyl halides is 3. The molecule has 0 spiro atoms. The lowest BCUT2D eigenvalue weighted by molar-refractivity contribution is -0.165. The Labute approximate surface area is 105 Å². The maximum atomic E-state index is 12.5. The molecule has 0 aromatic rings. The lowest BCUT2D eigenvalue weighted by atomic mass is 10.1. The van der Waals surface area contributed by atoms with Gasteiger partial charge in [0.25, 0.3) is 0 Å². The molecule has 0 heterocycles. The molecule has 0 aliphatic heterocycles. The number of carbonyl (C=O) groups is 1. The molecule has 1 aliphatic rings. The highest BCUT2D eigenvalue weighted by atomic mass is 19.4. The van der Waals surface area contributed by atoms with Crippen LogP contribution in [0.2, 0.25) is 0 Å². The molecule has 0 saturated heterocycles. The van der Waals surface area contributed by atoms with E-state index in [2.05, 4.69) is 11.2 Å². The van der Waals surface area contributed by atoms with E-state index in [1.807, 2.05) is 0 Å². The summed E-state index contributed by atoms with van der Waals surface area (Å²) in [7, 11) is 0. The van der Waals surface area contributed by atoms with Gasteiger partial charge in [-0.05, 0) is 25.7 Å². The van der Waals surface area contributed by atoms with Crippen LogP contribution in [0.1, 0.15) is 19.8 Å². The first-order valence-electron chi connectivity index (χ1n) is 5.85. The monoisotopic (exact) mass is 262 g/mol. The van der Waals surface area contributed by atoms with Gasteiger partial charge in [-0.25, -0.2) is 0 Å². The van der Waals surface area contributed by atoms with Gasteiger partial charge in [-0.15, -0.1) is 6.42 Å². The number of amides is 1. The fourth-order valence-corrected chi connectivity index (χ4v) is 1.83. The zero-order valence-corrected chi connectivity index (χ0v) is 10.3. The Kier molecular flexibility index (Phi) is 5.03. The van der Waals surface area contributed by atoms with Crippen LogP contribution < -0.4 is 5.32 Å².